The van der Waals surface area contributed by atoms with E-state index in [4.69, 9.17) is 4.74 Å². The van der Waals surface area contributed by atoms with E-state index in [-0.39, 0.29) is 5.75 Å². The molecule has 1 aromatic rings. The predicted octanol–water partition coefficient (Wildman–Crippen LogP) is 1.81. The number of hydrogen-bond acceptors (Lipinski definition) is 3. The highest BCUT2D eigenvalue weighted by Gasteiger charge is 2.17. The van der Waals surface area contributed by atoms with Gasteiger partial charge in [-0.25, -0.2) is 9.18 Å². The number of amides is 3. The van der Waals surface area contributed by atoms with E-state index in [0.29, 0.717) is 4.47 Å². The van der Waals surface area contributed by atoms with Crippen LogP contribution in [0.5, 0.6) is 5.75 Å². The summed E-state index contributed by atoms with van der Waals surface area (Å²) in [7, 11) is 1.39. The van der Waals surface area contributed by atoms with Crippen molar-refractivity contribution in [1.82, 2.24) is 10.6 Å². The van der Waals surface area contributed by atoms with E-state index >= 15 is 0 Å². The van der Waals surface area contributed by atoms with Gasteiger partial charge in [-0.1, -0.05) is 0 Å². The first-order chi connectivity index (χ1) is 8.43. The van der Waals surface area contributed by atoms with Crippen molar-refractivity contribution in [3.05, 3.63) is 28.5 Å². The van der Waals surface area contributed by atoms with E-state index in [9.17, 15) is 14.0 Å². The largest absolute Gasteiger partial charge is 0.481 e. The van der Waals surface area contributed by atoms with Crippen LogP contribution >= 0.6 is 15.9 Å². The molecule has 1 rings (SSSR count). The lowest BCUT2D eigenvalue weighted by molar-refractivity contribution is -0.126. The molecule has 98 valence electrons. The van der Waals surface area contributed by atoms with E-state index in [2.05, 4.69) is 26.6 Å². The molecule has 1 atom stereocenters. The second-order valence-electron chi connectivity index (χ2n) is 3.40. The van der Waals surface area contributed by atoms with Crippen molar-refractivity contribution in [3.63, 3.8) is 0 Å². The van der Waals surface area contributed by atoms with Crippen molar-refractivity contribution in [2.45, 2.75) is 13.0 Å². The zero-order valence-electron chi connectivity index (χ0n) is 9.79. The third-order valence-corrected chi connectivity index (χ3v) is 2.68. The number of benzene rings is 1. The Balaban J connectivity index is 2.63. The Morgan fingerprint density at radius 2 is 2.11 bits per heavy atom. The van der Waals surface area contributed by atoms with Crippen LogP contribution in [-0.2, 0) is 4.79 Å². The number of ether oxygens (including phenoxy) is 1. The summed E-state index contributed by atoms with van der Waals surface area (Å²) in [5.41, 5.74) is 0. The van der Waals surface area contributed by atoms with Gasteiger partial charge in [-0.2, -0.15) is 0 Å². The second kappa shape index (κ2) is 6.34. The average Bonchev–Trinajstić information content (AvgIpc) is 2.33. The normalized spacial score (nSPS) is 11.6. The first kappa shape index (κ1) is 14.4. The Kier molecular flexibility index (Phi) is 5.08. The maximum absolute atomic E-state index is 13.2. The van der Waals surface area contributed by atoms with Crippen LogP contribution < -0.4 is 15.4 Å². The van der Waals surface area contributed by atoms with Gasteiger partial charge in [-0.3, -0.25) is 10.1 Å². The lowest BCUT2D eigenvalue weighted by Crippen LogP contribution is -2.43. The van der Waals surface area contributed by atoms with E-state index in [1.807, 2.05) is 0 Å². The minimum atomic E-state index is -0.914. The summed E-state index contributed by atoms with van der Waals surface area (Å²) in [6.07, 6.45) is -0.914. The summed E-state index contributed by atoms with van der Waals surface area (Å²) in [4.78, 5) is 22.4. The molecule has 0 heterocycles. The lowest BCUT2D eigenvalue weighted by Gasteiger charge is -2.14. The fraction of sp³-hybridized carbons (Fsp3) is 0.273. The summed E-state index contributed by atoms with van der Waals surface area (Å²) in [6, 6.07) is 3.50. The molecule has 0 radical (unpaired) electrons. The minimum absolute atomic E-state index is 0.204. The number of hydrogen-bond donors (Lipinski definition) is 2. The average molecular weight is 319 g/mol. The molecule has 0 aromatic heterocycles. The summed E-state index contributed by atoms with van der Waals surface area (Å²) >= 11 is 3.00. The third kappa shape index (κ3) is 3.99. The van der Waals surface area contributed by atoms with Crippen molar-refractivity contribution >= 4 is 27.9 Å². The van der Waals surface area contributed by atoms with Crippen LogP contribution in [0.1, 0.15) is 6.92 Å². The lowest BCUT2D eigenvalue weighted by atomic mass is 10.3. The highest BCUT2D eigenvalue weighted by Crippen LogP contribution is 2.21. The van der Waals surface area contributed by atoms with Gasteiger partial charge >= 0.3 is 6.03 Å². The molecular weight excluding hydrogens is 307 g/mol. The molecule has 1 unspecified atom stereocenters. The van der Waals surface area contributed by atoms with Crippen molar-refractivity contribution < 1.29 is 18.7 Å². The molecule has 2 N–H and O–H groups in total. The van der Waals surface area contributed by atoms with Gasteiger partial charge in [0.05, 0.1) is 4.47 Å². The molecule has 0 spiro atoms. The van der Waals surface area contributed by atoms with Gasteiger partial charge in [0.15, 0.2) is 6.10 Å². The molecule has 0 aliphatic carbocycles. The molecule has 0 aliphatic rings. The van der Waals surface area contributed by atoms with E-state index < -0.39 is 23.9 Å². The molecule has 5 nitrogen and oxygen atoms in total. The molecular formula is C11H12BrFN2O3. The van der Waals surface area contributed by atoms with Crippen molar-refractivity contribution in [1.29, 1.82) is 0 Å². The highest BCUT2D eigenvalue weighted by atomic mass is 79.9. The first-order valence-corrected chi connectivity index (χ1v) is 5.87. The van der Waals surface area contributed by atoms with Crippen molar-refractivity contribution in [2.24, 2.45) is 0 Å². The van der Waals surface area contributed by atoms with Gasteiger partial charge in [0.2, 0.25) is 0 Å². The zero-order chi connectivity index (χ0) is 13.7. The number of carbonyl (C=O) groups is 2. The summed E-state index contributed by atoms with van der Waals surface area (Å²) in [5, 5.41) is 4.30. The molecule has 0 bridgehead atoms. The minimum Gasteiger partial charge on any atom is -0.481 e. The Hall–Kier alpha value is -1.63. The fourth-order valence-electron chi connectivity index (χ4n) is 1.08. The second-order valence-corrected chi connectivity index (χ2v) is 4.26. The summed E-state index contributed by atoms with van der Waals surface area (Å²) in [6.45, 7) is 1.46. The van der Waals surface area contributed by atoms with Gasteiger partial charge in [0.25, 0.3) is 5.91 Å². The standard InChI is InChI=1S/C11H12BrFN2O3/c1-6(10(16)15-11(17)14-2)18-7-3-4-8(12)9(13)5-7/h3-6H,1-2H3,(H2,14,15,16,17). The topological polar surface area (TPSA) is 67.4 Å². The van der Waals surface area contributed by atoms with Crippen LogP contribution in [0.4, 0.5) is 9.18 Å². The molecule has 18 heavy (non-hydrogen) atoms. The maximum Gasteiger partial charge on any atom is 0.321 e. The Morgan fingerprint density at radius 1 is 1.44 bits per heavy atom. The third-order valence-electron chi connectivity index (χ3n) is 2.04. The Bertz CT molecular complexity index is 468. The molecule has 1 aromatic carbocycles. The SMILES string of the molecule is CNC(=O)NC(=O)C(C)Oc1ccc(Br)c(F)c1. The zero-order valence-corrected chi connectivity index (χ0v) is 11.4. The summed E-state index contributed by atoms with van der Waals surface area (Å²) in [5.74, 6) is -0.903. The number of imide groups is 1. The van der Waals surface area contributed by atoms with E-state index in [0.717, 1.165) is 6.07 Å². The number of carbonyl (C=O) groups excluding carboxylic acids is 2. The molecule has 0 fully saturated rings. The van der Waals surface area contributed by atoms with Gasteiger partial charge < -0.3 is 10.1 Å². The number of halogens is 2. The van der Waals surface area contributed by atoms with Crippen LogP contribution in [0.2, 0.25) is 0 Å². The summed E-state index contributed by atoms with van der Waals surface area (Å²) < 4.78 is 18.7. The van der Waals surface area contributed by atoms with Crippen molar-refractivity contribution in [3.8, 4) is 5.75 Å². The van der Waals surface area contributed by atoms with Gasteiger partial charge in [-0.15, -0.1) is 0 Å². The smallest absolute Gasteiger partial charge is 0.321 e. The van der Waals surface area contributed by atoms with Gasteiger partial charge in [0, 0.05) is 13.1 Å². The molecule has 0 saturated heterocycles. The number of rotatable bonds is 3. The van der Waals surface area contributed by atoms with Gasteiger partial charge in [-0.05, 0) is 35.0 Å². The first-order valence-electron chi connectivity index (χ1n) is 5.08. The van der Waals surface area contributed by atoms with Crippen molar-refractivity contribution in [2.75, 3.05) is 7.05 Å². The maximum atomic E-state index is 13.2. The highest BCUT2D eigenvalue weighted by molar-refractivity contribution is 9.10. The molecule has 7 heteroatoms. The van der Waals surface area contributed by atoms with E-state index in [1.165, 1.54) is 26.1 Å². The number of urea groups is 1. The van der Waals surface area contributed by atoms with Crippen LogP contribution in [0, 0.1) is 5.82 Å². The van der Waals surface area contributed by atoms with E-state index in [1.54, 1.807) is 0 Å². The van der Waals surface area contributed by atoms with Crippen LogP contribution in [0.25, 0.3) is 0 Å². The molecule has 0 saturated carbocycles. The number of nitrogens with one attached hydrogen (secondary N) is 2. The quantitative estimate of drug-likeness (QED) is 0.893. The van der Waals surface area contributed by atoms with Crippen LogP contribution in [-0.4, -0.2) is 25.1 Å². The molecule has 3 amide bonds. The Labute approximate surface area is 112 Å². The molecule has 0 aliphatic heterocycles. The predicted molar refractivity (Wildman–Crippen MR) is 66.8 cm³/mol. The van der Waals surface area contributed by atoms with Crippen LogP contribution in [0.15, 0.2) is 22.7 Å². The Morgan fingerprint density at radius 3 is 2.67 bits per heavy atom. The fourth-order valence-corrected chi connectivity index (χ4v) is 1.33. The monoisotopic (exact) mass is 318 g/mol. The van der Waals surface area contributed by atoms with Crippen LogP contribution in [0.3, 0.4) is 0 Å². The van der Waals surface area contributed by atoms with Gasteiger partial charge in [0.1, 0.15) is 11.6 Å².